The van der Waals surface area contributed by atoms with Crippen molar-refractivity contribution in [2.45, 2.75) is 56.4 Å². The molecule has 160 valence electrons. The highest BCUT2D eigenvalue weighted by molar-refractivity contribution is 7.95. The third-order valence-electron chi connectivity index (χ3n) is 5.33. The maximum atomic E-state index is 13.4. The van der Waals surface area contributed by atoms with E-state index in [9.17, 15) is 8.42 Å². The second-order valence-electron chi connectivity index (χ2n) is 7.74. The number of benzene rings is 2. The lowest BCUT2D eigenvalue weighted by atomic mass is 10.1. The summed E-state index contributed by atoms with van der Waals surface area (Å²) in [6, 6.07) is 16.7. The van der Waals surface area contributed by atoms with Crippen LogP contribution in [0.2, 0.25) is 5.02 Å². The lowest BCUT2D eigenvalue weighted by molar-refractivity contribution is 0.353. The third kappa shape index (κ3) is 6.75. The molecule has 0 unspecified atom stereocenters. The first-order valence-corrected chi connectivity index (χ1v) is 12.6. The molecule has 2 aromatic rings. The van der Waals surface area contributed by atoms with Crippen LogP contribution in [0.15, 0.2) is 82.7 Å². The number of allylic oxidation sites excluding steroid dienone is 3. The number of halogens is 1. The van der Waals surface area contributed by atoms with Gasteiger partial charge in [-0.1, -0.05) is 73.3 Å². The molecule has 0 aromatic heterocycles. The number of sulfone groups is 1. The second-order valence-corrected chi connectivity index (χ2v) is 10.2. The van der Waals surface area contributed by atoms with Crippen LogP contribution in [0.1, 0.15) is 50.5 Å². The molecule has 3 nitrogen and oxygen atoms in total. The summed E-state index contributed by atoms with van der Waals surface area (Å²) in [4.78, 5) is 2.87. The highest BCUT2D eigenvalue weighted by Crippen LogP contribution is 2.25. The summed E-state index contributed by atoms with van der Waals surface area (Å²) in [5.41, 5.74) is 1.18. The van der Waals surface area contributed by atoms with Crippen molar-refractivity contribution in [1.29, 1.82) is 0 Å². The van der Waals surface area contributed by atoms with Crippen LogP contribution >= 0.6 is 11.6 Å². The fourth-order valence-corrected chi connectivity index (χ4v) is 5.16. The first-order valence-electron chi connectivity index (χ1n) is 10.7. The Morgan fingerprint density at radius 2 is 1.53 bits per heavy atom. The van der Waals surface area contributed by atoms with E-state index >= 15 is 0 Å². The molecule has 0 fully saturated rings. The van der Waals surface area contributed by atoms with Crippen molar-refractivity contribution in [3.05, 3.63) is 88.4 Å². The highest BCUT2D eigenvalue weighted by Gasteiger charge is 2.21. The van der Waals surface area contributed by atoms with E-state index in [-0.39, 0.29) is 4.90 Å². The van der Waals surface area contributed by atoms with Crippen LogP contribution < -0.4 is 0 Å². The van der Waals surface area contributed by atoms with Gasteiger partial charge in [0.15, 0.2) is 0 Å². The molecule has 0 saturated carbocycles. The number of hydrogen-bond donors (Lipinski definition) is 0. The predicted octanol–water partition coefficient (Wildman–Crippen LogP) is 6.76. The van der Waals surface area contributed by atoms with Gasteiger partial charge in [-0.3, -0.25) is 0 Å². The van der Waals surface area contributed by atoms with Crippen molar-refractivity contribution in [3.8, 4) is 0 Å². The molecule has 0 amide bonds. The molecule has 0 N–H and O–H groups in total. The Bertz CT molecular complexity index is 950. The average Bonchev–Trinajstić information content (AvgIpc) is 2.76. The van der Waals surface area contributed by atoms with E-state index in [2.05, 4.69) is 23.1 Å². The quantitative estimate of drug-likeness (QED) is 0.490. The molecule has 1 aliphatic heterocycles. The van der Waals surface area contributed by atoms with Crippen LogP contribution in [0, 0.1) is 0 Å². The minimum Gasteiger partial charge on any atom is -0.372 e. The van der Waals surface area contributed by atoms with E-state index in [1.54, 1.807) is 24.3 Å². The van der Waals surface area contributed by atoms with Crippen LogP contribution in [-0.2, 0) is 16.4 Å². The molecule has 1 aliphatic rings. The van der Waals surface area contributed by atoms with Crippen molar-refractivity contribution in [2.24, 2.45) is 0 Å². The second kappa shape index (κ2) is 11.4. The maximum absolute atomic E-state index is 13.4. The van der Waals surface area contributed by atoms with Crippen LogP contribution in [0.4, 0.5) is 0 Å². The Hall–Kier alpha value is -2.04. The summed E-state index contributed by atoms with van der Waals surface area (Å²) in [7, 11) is -3.59. The molecular weight excluding hydrogens is 414 g/mol. The van der Waals surface area contributed by atoms with Crippen LogP contribution in [-0.4, -0.2) is 19.9 Å². The highest BCUT2D eigenvalue weighted by atomic mass is 35.5. The smallest absolute Gasteiger partial charge is 0.204 e. The van der Waals surface area contributed by atoms with Gasteiger partial charge in [0, 0.05) is 30.7 Å². The Morgan fingerprint density at radius 1 is 0.833 bits per heavy atom. The SMILES string of the molecule is O=S(=O)(/C1=C/N(Cc2ccccc2)CCCCCCC/C=C/C1)c1ccc(Cl)cc1. The zero-order valence-corrected chi connectivity index (χ0v) is 18.9. The Labute approximate surface area is 186 Å². The van der Waals surface area contributed by atoms with Crippen molar-refractivity contribution in [2.75, 3.05) is 6.54 Å². The lowest BCUT2D eigenvalue weighted by Gasteiger charge is -2.22. The Morgan fingerprint density at radius 3 is 2.30 bits per heavy atom. The first kappa shape index (κ1) is 22.6. The topological polar surface area (TPSA) is 37.4 Å². The van der Waals surface area contributed by atoms with Gasteiger partial charge in [-0.15, -0.1) is 0 Å². The molecule has 2 aromatic carbocycles. The molecule has 5 heteroatoms. The third-order valence-corrected chi connectivity index (χ3v) is 7.43. The molecule has 0 atom stereocenters. The first-order chi connectivity index (χ1) is 14.6. The number of hydrogen-bond acceptors (Lipinski definition) is 3. The van der Waals surface area contributed by atoms with Crippen LogP contribution in [0.3, 0.4) is 0 Å². The summed E-state index contributed by atoms with van der Waals surface area (Å²) in [5.74, 6) is 0. The van der Waals surface area contributed by atoms with Gasteiger partial charge in [-0.05, 0) is 49.1 Å². The minimum atomic E-state index is -3.59. The van der Waals surface area contributed by atoms with Gasteiger partial charge in [0.25, 0.3) is 0 Å². The minimum absolute atomic E-state index is 0.288. The normalized spacial score (nSPS) is 19.6. The van der Waals surface area contributed by atoms with Crippen molar-refractivity contribution in [1.82, 2.24) is 4.90 Å². The largest absolute Gasteiger partial charge is 0.372 e. The van der Waals surface area contributed by atoms with Gasteiger partial charge in [-0.25, -0.2) is 8.42 Å². The standard InChI is InChI=1S/C25H30ClNO2S/c26-23-15-17-24(18-16-23)30(28,29)25-14-10-5-3-1-2-4-6-11-19-27(21-25)20-22-12-8-7-9-13-22/h5,7-10,12-13,15-18,21H,1-4,6,11,14,19-20H2/b10-5+,25-21+. The zero-order valence-electron chi connectivity index (χ0n) is 17.3. The van der Waals surface area contributed by atoms with E-state index in [4.69, 9.17) is 11.6 Å². The fraction of sp³-hybridized carbons (Fsp3) is 0.360. The van der Waals surface area contributed by atoms with E-state index in [1.165, 1.54) is 24.8 Å². The molecule has 0 bridgehead atoms. The van der Waals surface area contributed by atoms with Crippen LogP contribution in [0.5, 0.6) is 0 Å². The zero-order chi connectivity index (χ0) is 21.2. The predicted molar refractivity (Wildman–Crippen MR) is 125 cm³/mol. The van der Waals surface area contributed by atoms with E-state index in [0.717, 1.165) is 25.8 Å². The molecule has 30 heavy (non-hydrogen) atoms. The van der Waals surface area contributed by atoms with E-state index in [0.29, 0.717) is 22.9 Å². The Kier molecular flexibility index (Phi) is 8.59. The summed E-state index contributed by atoms with van der Waals surface area (Å²) < 4.78 is 26.8. The monoisotopic (exact) mass is 443 g/mol. The van der Waals surface area contributed by atoms with Gasteiger partial charge in [0.05, 0.1) is 9.80 Å². The molecule has 0 saturated heterocycles. The molecule has 0 aliphatic carbocycles. The number of rotatable bonds is 4. The summed E-state index contributed by atoms with van der Waals surface area (Å²) in [6.45, 7) is 1.54. The molecular formula is C25H30ClNO2S. The summed E-state index contributed by atoms with van der Waals surface area (Å²) in [5, 5.41) is 0.531. The van der Waals surface area contributed by atoms with Crippen molar-refractivity contribution < 1.29 is 8.42 Å². The van der Waals surface area contributed by atoms with Gasteiger partial charge in [0.1, 0.15) is 0 Å². The molecule has 0 radical (unpaired) electrons. The fourth-order valence-electron chi connectivity index (χ4n) is 3.63. The molecule has 3 rings (SSSR count). The van der Waals surface area contributed by atoms with Gasteiger partial charge in [-0.2, -0.15) is 0 Å². The van der Waals surface area contributed by atoms with Gasteiger partial charge >= 0.3 is 0 Å². The van der Waals surface area contributed by atoms with Gasteiger partial charge < -0.3 is 4.90 Å². The van der Waals surface area contributed by atoms with Gasteiger partial charge in [0.2, 0.25) is 9.84 Å². The number of nitrogens with zero attached hydrogens (tertiary/aromatic N) is 1. The van der Waals surface area contributed by atoms with Crippen molar-refractivity contribution >= 4 is 21.4 Å². The summed E-state index contributed by atoms with van der Waals surface area (Å²) >= 11 is 5.97. The molecule has 1 heterocycles. The van der Waals surface area contributed by atoms with E-state index < -0.39 is 9.84 Å². The average molecular weight is 444 g/mol. The Balaban J connectivity index is 1.94. The maximum Gasteiger partial charge on any atom is 0.204 e. The van der Waals surface area contributed by atoms with E-state index in [1.807, 2.05) is 30.5 Å². The lowest BCUT2D eigenvalue weighted by Crippen LogP contribution is -2.20. The van der Waals surface area contributed by atoms with Crippen LogP contribution in [0.25, 0.3) is 0 Å². The molecule has 0 spiro atoms. The van der Waals surface area contributed by atoms with Crippen molar-refractivity contribution in [3.63, 3.8) is 0 Å². The summed E-state index contributed by atoms with van der Waals surface area (Å²) in [6.07, 6.45) is 13.2.